The maximum absolute atomic E-state index is 11.6. The minimum atomic E-state index is -1.16. The third kappa shape index (κ3) is 3.36. The van der Waals surface area contributed by atoms with Crippen LogP contribution in [0.5, 0.6) is 0 Å². The lowest BCUT2D eigenvalue weighted by Gasteiger charge is -2.05. The van der Waals surface area contributed by atoms with Crippen LogP contribution in [0.2, 0.25) is 0 Å². The van der Waals surface area contributed by atoms with Crippen LogP contribution in [0.15, 0.2) is 29.2 Å². The molecule has 0 saturated heterocycles. The molecule has 0 radical (unpaired) electrons. The van der Waals surface area contributed by atoms with Gasteiger partial charge in [-0.1, -0.05) is 12.1 Å². The molecule has 0 aromatic heterocycles. The van der Waals surface area contributed by atoms with Crippen molar-refractivity contribution in [1.29, 1.82) is 0 Å². The molecule has 1 aromatic rings. The number of thioether (sulfide) groups is 1. The van der Waals surface area contributed by atoms with Gasteiger partial charge in [0.05, 0.1) is 0 Å². The smallest absolute Gasteiger partial charge is 0.320 e. The van der Waals surface area contributed by atoms with Crippen molar-refractivity contribution in [3.63, 3.8) is 0 Å². The highest BCUT2D eigenvalue weighted by atomic mass is 32.2. The van der Waals surface area contributed by atoms with Gasteiger partial charge in [0.25, 0.3) is 0 Å². The number of ketones is 1. The van der Waals surface area contributed by atoms with Crippen LogP contribution in [0.1, 0.15) is 16.8 Å². The van der Waals surface area contributed by atoms with E-state index in [2.05, 4.69) is 0 Å². The predicted molar refractivity (Wildman–Crippen MR) is 62.8 cm³/mol. The van der Waals surface area contributed by atoms with Crippen LogP contribution in [0.3, 0.4) is 0 Å². The van der Waals surface area contributed by atoms with Crippen molar-refractivity contribution >= 4 is 23.5 Å². The van der Waals surface area contributed by atoms with Crippen molar-refractivity contribution in [1.82, 2.24) is 0 Å². The lowest BCUT2D eigenvalue weighted by Crippen LogP contribution is -2.32. The molecule has 16 heavy (non-hydrogen) atoms. The van der Waals surface area contributed by atoms with Gasteiger partial charge in [-0.25, -0.2) is 0 Å². The van der Waals surface area contributed by atoms with E-state index in [1.807, 2.05) is 18.4 Å². The Labute approximate surface area is 97.8 Å². The maximum atomic E-state index is 11.6. The summed E-state index contributed by atoms with van der Waals surface area (Å²) in [5.41, 5.74) is 5.78. The van der Waals surface area contributed by atoms with E-state index < -0.39 is 12.0 Å². The van der Waals surface area contributed by atoms with E-state index in [1.54, 1.807) is 23.9 Å². The normalized spacial score (nSPS) is 12.1. The Kier molecular flexibility index (Phi) is 4.52. The number of aliphatic carboxylic acids is 1. The highest BCUT2D eigenvalue weighted by molar-refractivity contribution is 7.98. The number of carboxylic acids is 1. The first kappa shape index (κ1) is 12.7. The molecule has 1 unspecified atom stereocenters. The minimum absolute atomic E-state index is 0.173. The van der Waals surface area contributed by atoms with Gasteiger partial charge in [0.2, 0.25) is 0 Å². The Balaban J connectivity index is 2.69. The van der Waals surface area contributed by atoms with E-state index in [4.69, 9.17) is 10.8 Å². The van der Waals surface area contributed by atoms with Crippen LogP contribution >= 0.6 is 11.8 Å². The van der Waals surface area contributed by atoms with E-state index in [0.717, 1.165) is 4.90 Å². The summed E-state index contributed by atoms with van der Waals surface area (Å²) in [5.74, 6) is -1.41. The van der Waals surface area contributed by atoms with Crippen molar-refractivity contribution in [3.05, 3.63) is 29.8 Å². The summed E-state index contributed by atoms with van der Waals surface area (Å²) >= 11 is 1.58. The standard InChI is InChI=1S/C11H13NO3S/c1-16-8-4-2-7(3-5-8)10(13)6-9(12)11(14)15/h2-5,9H,6,12H2,1H3,(H,14,15). The lowest BCUT2D eigenvalue weighted by molar-refractivity contribution is -0.138. The van der Waals surface area contributed by atoms with Crippen LogP contribution in [0.25, 0.3) is 0 Å². The molecular weight excluding hydrogens is 226 g/mol. The zero-order valence-electron chi connectivity index (χ0n) is 8.84. The maximum Gasteiger partial charge on any atom is 0.320 e. The summed E-state index contributed by atoms with van der Waals surface area (Å²) in [7, 11) is 0. The summed E-state index contributed by atoms with van der Waals surface area (Å²) < 4.78 is 0. The molecule has 0 fully saturated rings. The minimum Gasteiger partial charge on any atom is -0.480 e. The van der Waals surface area contributed by atoms with Crippen LogP contribution < -0.4 is 5.73 Å². The predicted octanol–water partition coefficient (Wildman–Crippen LogP) is 1.39. The molecule has 0 bridgehead atoms. The zero-order valence-corrected chi connectivity index (χ0v) is 9.66. The molecule has 0 amide bonds. The Morgan fingerprint density at radius 2 is 1.94 bits per heavy atom. The molecule has 1 atom stereocenters. The summed E-state index contributed by atoms with van der Waals surface area (Å²) in [6.07, 6.45) is 1.77. The first-order valence-electron chi connectivity index (χ1n) is 4.70. The van der Waals surface area contributed by atoms with E-state index in [-0.39, 0.29) is 12.2 Å². The third-order valence-corrected chi connectivity index (χ3v) is 2.88. The quantitative estimate of drug-likeness (QED) is 0.599. The summed E-state index contributed by atoms with van der Waals surface area (Å²) in [5, 5.41) is 8.58. The Morgan fingerprint density at radius 3 is 2.38 bits per heavy atom. The molecule has 3 N–H and O–H groups in total. The van der Waals surface area contributed by atoms with Crippen molar-refractivity contribution in [2.45, 2.75) is 17.4 Å². The van der Waals surface area contributed by atoms with Gasteiger partial charge in [0, 0.05) is 16.9 Å². The van der Waals surface area contributed by atoms with E-state index >= 15 is 0 Å². The molecule has 5 heteroatoms. The second-order valence-corrected chi connectivity index (χ2v) is 4.18. The summed E-state index contributed by atoms with van der Waals surface area (Å²) in [4.78, 5) is 23.1. The zero-order chi connectivity index (χ0) is 12.1. The summed E-state index contributed by atoms with van der Waals surface area (Å²) in [6.45, 7) is 0. The van der Waals surface area contributed by atoms with Crippen LogP contribution in [0, 0.1) is 0 Å². The summed E-state index contributed by atoms with van der Waals surface area (Å²) in [6, 6.07) is 5.88. The second-order valence-electron chi connectivity index (χ2n) is 3.30. The molecule has 1 rings (SSSR count). The average Bonchev–Trinajstić information content (AvgIpc) is 2.28. The molecule has 0 aliphatic carbocycles. The number of carbonyl (C=O) groups excluding carboxylic acids is 1. The van der Waals surface area contributed by atoms with Gasteiger partial charge in [0.15, 0.2) is 5.78 Å². The molecule has 0 aliphatic rings. The van der Waals surface area contributed by atoms with Crippen molar-refractivity contribution in [3.8, 4) is 0 Å². The van der Waals surface area contributed by atoms with Gasteiger partial charge in [0.1, 0.15) is 6.04 Å². The van der Waals surface area contributed by atoms with E-state index in [9.17, 15) is 9.59 Å². The monoisotopic (exact) mass is 239 g/mol. The number of benzene rings is 1. The first-order chi connectivity index (χ1) is 7.54. The molecule has 0 saturated carbocycles. The van der Waals surface area contributed by atoms with Crippen molar-refractivity contribution < 1.29 is 14.7 Å². The fraction of sp³-hybridized carbons (Fsp3) is 0.273. The second kappa shape index (κ2) is 5.67. The number of nitrogens with two attached hydrogens (primary N) is 1. The fourth-order valence-corrected chi connectivity index (χ4v) is 1.59. The number of rotatable bonds is 5. The SMILES string of the molecule is CSc1ccc(C(=O)CC(N)C(=O)O)cc1. The molecule has 1 aromatic carbocycles. The van der Waals surface area contributed by atoms with E-state index in [1.165, 1.54) is 0 Å². The number of carbonyl (C=O) groups is 2. The van der Waals surface area contributed by atoms with Crippen LogP contribution in [-0.4, -0.2) is 29.2 Å². The number of hydrogen-bond acceptors (Lipinski definition) is 4. The van der Waals surface area contributed by atoms with Gasteiger partial charge in [-0.15, -0.1) is 11.8 Å². The molecular formula is C11H13NO3S. The Hall–Kier alpha value is -1.33. The number of hydrogen-bond donors (Lipinski definition) is 2. The van der Waals surface area contributed by atoms with Crippen molar-refractivity contribution in [2.24, 2.45) is 5.73 Å². The van der Waals surface area contributed by atoms with Crippen LogP contribution in [-0.2, 0) is 4.79 Å². The average molecular weight is 239 g/mol. The molecule has 86 valence electrons. The highest BCUT2D eigenvalue weighted by Gasteiger charge is 2.17. The Bertz CT molecular complexity index is 389. The topological polar surface area (TPSA) is 80.4 Å². The molecule has 0 heterocycles. The van der Waals surface area contributed by atoms with Gasteiger partial charge in [-0.3, -0.25) is 9.59 Å². The largest absolute Gasteiger partial charge is 0.480 e. The van der Waals surface area contributed by atoms with E-state index in [0.29, 0.717) is 5.56 Å². The number of carboxylic acid groups (broad SMARTS) is 1. The molecule has 0 aliphatic heterocycles. The lowest BCUT2D eigenvalue weighted by atomic mass is 10.0. The third-order valence-electron chi connectivity index (χ3n) is 2.13. The van der Waals surface area contributed by atoms with Gasteiger partial charge in [-0.05, 0) is 18.4 Å². The molecule has 0 spiro atoms. The van der Waals surface area contributed by atoms with Crippen LogP contribution in [0.4, 0.5) is 0 Å². The Morgan fingerprint density at radius 1 is 1.38 bits per heavy atom. The number of Topliss-reactive ketones (excluding diaryl/α,β-unsaturated/α-hetero) is 1. The van der Waals surface area contributed by atoms with Crippen molar-refractivity contribution in [2.75, 3.05) is 6.26 Å². The van der Waals surface area contributed by atoms with Gasteiger partial charge < -0.3 is 10.8 Å². The first-order valence-corrected chi connectivity index (χ1v) is 5.92. The van der Waals surface area contributed by atoms with Gasteiger partial charge in [-0.2, -0.15) is 0 Å². The fourth-order valence-electron chi connectivity index (χ4n) is 1.18. The highest BCUT2D eigenvalue weighted by Crippen LogP contribution is 2.15. The van der Waals surface area contributed by atoms with Gasteiger partial charge >= 0.3 is 5.97 Å². The molecule has 4 nitrogen and oxygen atoms in total.